The minimum Gasteiger partial charge on any atom is -0.748 e. The van der Waals surface area contributed by atoms with Crippen molar-refractivity contribution in [2.24, 2.45) is 0 Å². The third-order valence-electron chi connectivity index (χ3n) is 2.26. The number of ether oxygens (including phenoxy) is 1. The first-order valence-electron chi connectivity index (χ1n) is 5.90. The maximum absolute atomic E-state index is 10.9. The van der Waals surface area contributed by atoms with Crippen LogP contribution >= 0.6 is 0 Å². The maximum Gasteiger partial charge on any atom is 0.333 e. The van der Waals surface area contributed by atoms with Gasteiger partial charge in [0.05, 0.1) is 6.61 Å². The quantitative estimate of drug-likeness (QED) is 0.374. The molecule has 0 atom stereocenters. The average molecular weight is 298 g/mol. The van der Waals surface area contributed by atoms with Crippen molar-refractivity contribution in [1.82, 2.24) is 0 Å². The van der Waals surface area contributed by atoms with E-state index in [0.717, 1.165) is 6.42 Å². The number of carbonyl (C=O) groups is 1. The molecule has 0 radical (unpaired) electrons. The molecule has 0 aliphatic heterocycles. The molecule has 108 valence electrons. The monoisotopic (exact) mass is 298 g/mol. The second-order valence-electron chi connectivity index (χ2n) is 3.92. The molecule has 0 aromatic heterocycles. The van der Waals surface area contributed by atoms with Crippen LogP contribution in [0.4, 0.5) is 0 Å². The molecule has 0 unspecified atom stereocenters. The third-order valence-corrected chi connectivity index (χ3v) is 2.26. The van der Waals surface area contributed by atoms with Gasteiger partial charge in [-0.05, 0) is 13.3 Å². The number of esters is 1. The zero-order chi connectivity index (χ0) is 13.2. The van der Waals surface area contributed by atoms with Crippen molar-refractivity contribution >= 4 is 5.97 Å². The standard InChI is InChI=1S/C11H13O2.C5H5.Fe/c1-9(2)11(12)13-8-7-10-5-3-4-6-10;1-2-4-5-3-1;/h3-6H,1,7-8H2,2H3;1-5H;/q-1;-5;. The Morgan fingerprint density at radius 1 is 1.16 bits per heavy atom. The van der Waals surface area contributed by atoms with Crippen LogP contribution in [0.1, 0.15) is 12.5 Å². The maximum atomic E-state index is 10.9. The molecule has 2 rings (SSSR count). The van der Waals surface area contributed by atoms with Crippen LogP contribution in [0, 0.1) is 0 Å². The summed E-state index contributed by atoms with van der Waals surface area (Å²) in [5.74, 6) is -0.313. The van der Waals surface area contributed by atoms with E-state index in [4.69, 9.17) is 4.74 Å². The Balaban J connectivity index is 0.000000454. The Bertz CT molecular complexity index is 424. The molecule has 3 heteroatoms. The molecule has 2 aromatic rings. The van der Waals surface area contributed by atoms with Crippen LogP contribution in [0.3, 0.4) is 0 Å². The summed E-state index contributed by atoms with van der Waals surface area (Å²) in [7, 11) is 0. The largest absolute Gasteiger partial charge is 0.748 e. The molecule has 0 heterocycles. The van der Waals surface area contributed by atoms with Gasteiger partial charge in [0.2, 0.25) is 0 Å². The van der Waals surface area contributed by atoms with Gasteiger partial charge in [-0.15, -0.1) is 0 Å². The molecule has 19 heavy (non-hydrogen) atoms. The smallest absolute Gasteiger partial charge is 0.333 e. The summed E-state index contributed by atoms with van der Waals surface area (Å²) < 4.78 is 4.94. The molecule has 2 aromatic carbocycles. The van der Waals surface area contributed by atoms with Crippen molar-refractivity contribution in [3.8, 4) is 0 Å². The Hall–Kier alpha value is -1.57. The van der Waals surface area contributed by atoms with Crippen molar-refractivity contribution in [1.29, 1.82) is 0 Å². The van der Waals surface area contributed by atoms with Gasteiger partial charge in [-0.2, -0.15) is 17.7 Å². The first-order chi connectivity index (χ1) is 8.70. The van der Waals surface area contributed by atoms with Gasteiger partial charge in [0, 0.05) is 22.6 Å². The average Bonchev–Trinajstić information content (AvgIpc) is 3.04. The van der Waals surface area contributed by atoms with Crippen LogP contribution in [0.15, 0.2) is 66.7 Å². The fourth-order valence-corrected chi connectivity index (χ4v) is 1.29. The van der Waals surface area contributed by atoms with Crippen molar-refractivity contribution in [2.45, 2.75) is 13.3 Å². The van der Waals surface area contributed by atoms with E-state index in [-0.39, 0.29) is 23.0 Å². The Morgan fingerprint density at radius 3 is 2.05 bits per heavy atom. The van der Waals surface area contributed by atoms with Crippen molar-refractivity contribution in [2.75, 3.05) is 6.61 Å². The first-order valence-corrected chi connectivity index (χ1v) is 5.90. The number of rotatable bonds is 4. The van der Waals surface area contributed by atoms with Gasteiger partial charge < -0.3 is 35.1 Å². The molecule has 0 aliphatic rings. The minimum absolute atomic E-state index is 0. The van der Waals surface area contributed by atoms with Crippen LogP contribution in [-0.4, -0.2) is 12.6 Å². The number of hydrogen-bond donors (Lipinski definition) is 0. The normalized spacial score (nSPS) is 8.68. The first kappa shape index (κ1) is 17.4. The summed E-state index contributed by atoms with van der Waals surface area (Å²) >= 11 is 0. The summed E-state index contributed by atoms with van der Waals surface area (Å²) in [6, 6.07) is 18.0. The van der Waals surface area contributed by atoms with Crippen molar-refractivity contribution in [3.05, 3.63) is 72.3 Å². The van der Waals surface area contributed by atoms with E-state index in [9.17, 15) is 4.79 Å². The van der Waals surface area contributed by atoms with Crippen LogP contribution in [0.25, 0.3) is 0 Å². The molecule has 0 N–H and O–H groups in total. The van der Waals surface area contributed by atoms with Gasteiger partial charge in [0.25, 0.3) is 0 Å². The molecular formula is C16H18FeO2-6. The fourth-order valence-electron chi connectivity index (χ4n) is 1.29. The zero-order valence-corrected chi connectivity index (χ0v) is 12.1. The molecule has 0 saturated heterocycles. The van der Waals surface area contributed by atoms with Gasteiger partial charge in [0.15, 0.2) is 0 Å². The SMILES string of the molecule is C=C(C)C(=O)OCC[c-]1cccc1.[Fe].[cH-]1[cH-][cH-][cH-][cH-]1. The fraction of sp³-hybridized carbons (Fsp3) is 0.188. The van der Waals surface area contributed by atoms with E-state index in [0.29, 0.717) is 12.2 Å². The molecule has 0 saturated carbocycles. The molecule has 0 spiro atoms. The number of carbonyl (C=O) groups excluding carboxylic acids is 1. The van der Waals surface area contributed by atoms with Crippen LogP contribution in [0.5, 0.6) is 0 Å². The summed E-state index contributed by atoms with van der Waals surface area (Å²) in [6.45, 7) is 5.57. The predicted molar refractivity (Wildman–Crippen MR) is 73.5 cm³/mol. The number of hydrogen-bond acceptors (Lipinski definition) is 2. The summed E-state index contributed by atoms with van der Waals surface area (Å²) in [5, 5.41) is 0. The van der Waals surface area contributed by atoms with Crippen LogP contribution in [0.2, 0.25) is 0 Å². The molecule has 2 nitrogen and oxygen atoms in total. The second-order valence-corrected chi connectivity index (χ2v) is 3.92. The van der Waals surface area contributed by atoms with Gasteiger partial charge in [-0.1, -0.05) is 6.58 Å². The molecule has 0 amide bonds. The second kappa shape index (κ2) is 10.4. The predicted octanol–water partition coefficient (Wildman–Crippen LogP) is 3.47. The Labute approximate surface area is 125 Å². The van der Waals surface area contributed by atoms with Gasteiger partial charge >= 0.3 is 5.97 Å². The van der Waals surface area contributed by atoms with E-state index in [1.54, 1.807) is 6.92 Å². The van der Waals surface area contributed by atoms with E-state index in [2.05, 4.69) is 6.58 Å². The zero-order valence-electron chi connectivity index (χ0n) is 11.0. The van der Waals surface area contributed by atoms with Crippen LogP contribution < -0.4 is 0 Å². The van der Waals surface area contributed by atoms with Gasteiger partial charge in [-0.3, -0.25) is 0 Å². The molecular weight excluding hydrogens is 280 g/mol. The van der Waals surface area contributed by atoms with Crippen molar-refractivity contribution < 1.29 is 26.6 Å². The van der Waals surface area contributed by atoms with Crippen molar-refractivity contribution in [3.63, 3.8) is 0 Å². The molecule has 0 bridgehead atoms. The Morgan fingerprint density at radius 2 is 1.63 bits per heavy atom. The van der Waals surface area contributed by atoms with E-state index >= 15 is 0 Å². The van der Waals surface area contributed by atoms with E-state index in [1.165, 1.54) is 5.56 Å². The third kappa shape index (κ3) is 8.20. The minimum atomic E-state index is -0.313. The van der Waals surface area contributed by atoms with Gasteiger partial charge in [-0.25, -0.2) is 16.9 Å². The van der Waals surface area contributed by atoms with E-state index in [1.807, 2.05) is 54.6 Å². The Kier molecular flexibility index (Phi) is 9.50. The van der Waals surface area contributed by atoms with E-state index < -0.39 is 0 Å². The van der Waals surface area contributed by atoms with Crippen LogP contribution in [-0.2, 0) is 33.0 Å². The summed E-state index contributed by atoms with van der Waals surface area (Å²) in [5.41, 5.74) is 1.64. The summed E-state index contributed by atoms with van der Waals surface area (Å²) in [6.07, 6.45) is 0.770. The van der Waals surface area contributed by atoms with Gasteiger partial charge in [0.1, 0.15) is 0 Å². The molecule has 0 aliphatic carbocycles. The molecule has 0 fully saturated rings. The topological polar surface area (TPSA) is 26.3 Å². The summed E-state index contributed by atoms with van der Waals surface area (Å²) in [4.78, 5) is 10.9.